The van der Waals surface area contributed by atoms with Crippen molar-refractivity contribution in [3.63, 3.8) is 0 Å². The van der Waals surface area contributed by atoms with Crippen LogP contribution in [0.4, 0.5) is 4.39 Å². The van der Waals surface area contributed by atoms with E-state index in [2.05, 4.69) is 17.2 Å². The zero-order valence-electron chi connectivity index (χ0n) is 15.3. The summed E-state index contributed by atoms with van der Waals surface area (Å²) in [6.45, 7) is 5.73. The first kappa shape index (κ1) is 23.4. The summed E-state index contributed by atoms with van der Waals surface area (Å²) < 4.78 is 18.4. The molecule has 1 amide bonds. The number of oxazole rings is 1. The Morgan fingerprint density at radius 3 is 2.56 bits per heavy atom. The number of aromatic nitrogens is 1. The minimum Gasteiger partial charge on any atom is -0.444 e. The number of piperidine rings is 1. The number of likely N-dealkylation sites (tertiary alicyclic amines) is 1. The molecule has 0 saturated carbocycles. The van der Waals surface area contributed by atoms with Gasteiger partial charge in [-0.2, -0.15) is 0 Å². The minimum atomic E-state index is -0.303. The van der Waals surface area contributed by atoms with Gasteiger partial charge in [0.05, 0.1) is 12.1 Å². The van der Waals surface area contributed by atoms with Crippen molar-refractivity contribution >= 4 is 30.7 Å². The van der Waals surface area contributed by atoms with Crippen molar-refractivity contribution in [1.29, 1.82) is 0 Å². The lowest BCUT2D eigenvalue weighted by atomic mass is 9.96. The highest BCUT2D eigenvalue weighted by Gasteiger charge is 2.23. The first-order chi connectivity index (χ1) is 12.2. The van der Waals surface area contributed by atoms with E-state index in [1.165, 1.54) is 18.4 Å². The largest absolute Gasteiger partial charge is 0.444 e. The molecular weight excluding hydrogens is 392 g/mol. The smallest absolute Gasteiger partial charge is 0.228 e. The van der Waals surface area contributed by atoms with Crippen LogP contribution in [0.2, 0.25) is 0 Å². The first-order valence-corrected chi connectivity index (χ1v) is 8.84. The molecule has 0 radical (unpaired) electrons. The molecule has 8 heteroatoms. The summed E-state index contributed by atoms with van der Waals surface area (Å²) in [6, 6.07) is 5.95. The highest BCUT2D eigenvalue weighted by atomic mass is 35.5. The number of amides is 1. The second kappa shape index (κ2) is 11.3. The van der Waals surface area contributed by atoms with Crippen molar-refractivity contribution in [2.24, 2.45) is 5.92 Å². The van der Waals surface area contributed by atoms with Gasteiger partial charge in [0.25, 0.3) is 0 Å². The van der Waals surface area contributed by atoms with E-state index in [-0.39, 0.29) is 43.0 Å². The number of carbonyl (C=O) groups excluding carboxylic acids is 1. The summed E-state index contributed by atoms with van der Waals surface area (Å²) in [5.41, 5.74) is 1.31. The number of carbonyl (C=O) groups is 1. The summed E-state index contributed by atoms with van der Waals surface area (Å²) in [6.07, 6.45) is 3.83. The third-order valence-electron chi connectivity index (χ3n) is 4.63. The van der Waals surface area contributed by atoms with Gasteiger partial charge in [0.15, 0.2) is 0 Å². The molecule has 150 valence electrons. The van der Waals surface area contributed by atoms with Crippen molar-refractivity contribution in [1.82, 2.24) is 15.2 Å². The number of nitrogens with zero attached hydrogens (tertiary/aromatic N) is 2. The topological polar surface area (TPSA) is 58.4 Å². The van der Waals surface area contributed by atoms with Crippen molar-refractivity contribution in [2.45, 2.75) is 26.2 Å². The van der Waals surface area contributed by atoms with Crippen molar-refractivity contribution < 1.29 is 13.6 Å². The molecular formula is C19H26Cl2FN3O2. The van der Waals surface area contributed by atoms with Crippen LogP contribution in [-0.2, 0) is 11.2 Å². The van der Waals surface area contributed by atoms with E-state index < -0.39 is 0 Å². The number of hydrogen-bond acceptors (Lipinski definition) is 4. The molecule has 3 rings (SSSR count). The predicted molar refractivity (Wildman–Crippen MR) is 108 cm³/mol. The third kappa shape index (κ3) is 6.48. The van der Waals surface area contributed by atoms with Gasteiger partial charge < -0.3 is 14.6 Å². The van der Waals surface area contributed by atoms with E-state index in [0.717, 1.165) is 39.0 Å². The summed E-state index contributed by atoms with van der Waals surface area (Å²) in [5.74, 6) is 0.845. The van der Waals surface area contributed by atoms with Crippen LogP contribution in [0.1, 0.15) is 25.5 Å². The fourth-order valence-electron chi connectivity index (χ4n) is 3.11. The molecule has 0 bridgehead atoms. The standard InChI is InChI=1S/C19H24FN3O2.2ClH/c1-2-21-12-14-7-9-23(10-8-14)18(24)11-17-13-25-19(22-17)15-3-5-16(20)6-4-15;;/h3-6,13-14,21H,2,7-12H2,1H3;2*1H. The summed E-state index contributed by atoms with van der Waals surface area (Å²) in [4.78, 5) is 18.7. The van der Waals surface area contributed by atoms with Gasteiger partial charge in [-0.05, 0) is 56.1 Å². The molecule has 2 heterocycles. The lowest BCUT2D eigenvalue weighted by Gasteiger charge is -2.32. The summed E-state index contributed by atoms with van der Waals surface area (Å²) in [5, 5.41) is 3.37. The van der Waals surface area contributed by atoms with E-state index in [1.54, 1.807) is 12.1 Å². The maximum absolute atomic E-state index is 13.0. The third-order valence-corrected chi connectivity index (χ3v) is 4.63. The fourth-order valence-corrected chi connectivity index (χ4v) is 3.11. The Labute approximate surface area is 171 Å². The predicted octanol–water partition coefficient (Wildman–Crippen LogP) is 3.71. The molecule has 0 spiro atoms. The van der Waals surface area contributed by atoms with Crippen molar-refractivity contribution in [3.05, 3.63) is 42.0 Å². The van der Waals surface area contributed by atoms with Gasteiger partial charge in [-0.3, -0.25) is 4.79 Å². The van der Waals surface area contributed by atoms with Gasteiger partial charge in [0.1, 0.15) is 12.1 Å². The SMILES string of the molecule is CCNCC1CCN(C(=O)Cc2coc(-c3ccc(F)cc3)n2)CC1.Cl.Cl. The Morgan fingerprint density at radius 2 is 1.93 bits per heavy atom. The molecule has 0 atom stereocenters. The molecule has 27 heavy (non-hydrogen) atoms. The second-order valence-electron chi connectivity index (χ2n) is 6.46. The normalized spacial score (nSPS) is 14.4. The van der Waals surface area contributed by atoms with Crippen LogP contribution < -0.4 is 5.32 Å². The monoisotopic (exact) mass is 417 g/mol. The van der Waals surface area contributed by atoms with Gasteiger partial charge in [-0.25, -0.2) is 9.37 Å². The number of halogens is 3. The molecule has 1 aliphatic heterocycles. The molecule has 2 aromatic rings. The summed E-state index contributed by atoms with van der Waals surface area (Å²) >= 11 is 0. The van der Waals surface area contributed by atoms with Gasteiger partial charge >= 0.3 is 0 Å². The molecule has 5 nitrogen and oxygen atoms in total. The maximum Gasteiger partial charge on any atom is 0.228 e. The van der Waals surface area contributed by atoms with E-state index in [4.69, 9.17) is 4.42 Å². The Morgan fingerprint density at radius 1 is 1.26 bits per heavy atom. The molecule has 1 N–H and O–H groups in total. The summed E-state index contributed by atoms with van der Waals surface area (Å²) in [7, 11) is 0. The van der Waals surface area contributed by atoms with Crippen LogP contribution in [0.3, 0.4) is 0 Å². The Hall–Kier alpha value is -1.63. The minimum absolute atomic E-state index is 0. The number of hydrogen-bond donors (Lipinski definition) is 1. The molecule has 1 aliphatic rings. The first-order valence-electron chi connectivity index (χ1n) is 8.84. The highest BCUT2D eigenvalue weighted by molar-refractivity contribution is 5.85. The number of nitrogens with one attached hydrogen (secondary N) is 1. The van der Waals surface area contributed by atoms with Crippen molar-refractivity contribution in [2.75, 3.05) is 26.2 Å². The average Bonchev–Trinajstić information content (AvgIpc) is 3.09. The fraction of sp³-hybridized carbons (Fsp3) is 0.474. The zero-order valence-corrected chi connectivity index (χ0v) is 17.0. The van der Waals surface area contributed by atoms with Gasteiger partial charge in [-0.15, -0.1) is 24.8 Å². The maximum atomic E-state index is 13.0. The molecule has 1 saturated heterocycles. The van der Waals surface area contributed by atoms with Crippen LogP contribution in [0.25, 0.3) is 11.5 Å². The van der Waals surface area contributed by atoms with Gasteiger partial charge in [-0.1, -0.05) is 6.92 Å². The van der Waals surface area contributed by atoms with Gasteiger partial charge in [0.2, 0.25) is 11.8 Å². The Bertz CT molecular complexity index is 701. The van der Waals surface area contributed by atoms with E-state index in [9.17, 15) is 9.18 Å². The molecule has 1 aromatic carbocycles. The molecule has 1 fully saturated rings. The number of benzene rings is 1. The van der Waals surface area contributed by atoms with Crippen LogP contribution >= 0.6 is 24.8 Å². The van der Waals surface area contributed by atoms with E-state index >= 15 is 0 Å². The zero-order chi connectivity index (χ0) is 17.6. The Kier molecular flexibility index (Phi) is 9.77. The lowest BCUT2D eigenvalue weighted by molar-refractivity contribution is -0.131. The van der Waals surface area contributed by atoms with E-state index in [0.29, 0.717) is 23.1 Å². The van der Waals surface area contributed by atoms with Crippen LogP contribution in [-0.4, -0.2) is 42.0 Å². The highest BCUT2D eigenvalue weighted by Crippen LogP contribution is 2.21. The average molecular weight is 418 g/mol. The van der Waals surface area contributed by atoms with E-state index in [1.807, 2.05) is 4.90 Å². The molecule has 0 unspecified atom stereocenters. The van der Waals surface area contributed by atoms with Crippen LogP contribution in [0.5, 0.6) is 0 Å². The Balaban J connectivity index is 0.00000182. The van der Waals surface area contributed by atoms with Crippen LogP contribution in [0, 0.1) is 11.7 Å². The van der Waals surface area contributed by atoms with Crippen molar-refractivity contribution in [3.8, 4) is 11.5 Å². The van der Waals surface area contributed by atoms with Crippen LogP contribution in [0.15, 0.2) is 34.9 Å². The molecule has 1 aromatic heterocycles. The number of rotatable bonds is 6. The lowest BCUT2D eigenvalue weighted by Crippen LogP contribution is -2.41. The van der Waals surface area contributed by atoms with Gasteiger partial charge in [0, 0.05) is 18.7 Å². The molecule has 0 aliphatic carbocycles. The second-order valence-corrected chi connectivity index (χ2v) is 6.46. The quantitative estimate of drug-likeness (QED) is 0.777.